The topological polar surface area (TPSA) is 139 Å². The Labute approximate surface area is 192 Å². The van der Waals surface area contributed by atoms with Crippen molar-refractivity contribution in [2.75, 3.05) is 13.1 Å². The van der Waals surface area contributed by atoms with Gasteiger partial charge in [0.05, 0.1) is 24.1 Å². The van der Waals surface area contributed by atoms with Crippen molar-refractivity contribution in [1.82, 2.24) is 25.1 Å². The zero-order valence-electron chi connectivity index (χ0n) is 19.0. The van der Waals surface area contributed by atoms with Crippen molar-refractivity contribution in [3.8, 4) is 11.8 Å². The molecule has 0 amide bonds. The van der Waals surface area contributed by atoms with Gasteiger partial charge in [-0.25, -0.2) is 4.52 Å². The Morgan fingerprint density at radius 2 is 2.12 bits per heavy atom. The maximum atomic E-state index is 9.58. The molecule has 1 atom stereocenters. The molecule has 1 aliphatic rings. The van der Waals surface area contributed by atoms with Crippen LogP contribution in [0.4, 0.5) is 0 Å². The van der Waals surface area contributed by atoms with Crippen LogP contribution in [0.1, 0.15) is 55.2 Å². The van der Waals surface area contributed by atoms with Gasteiger partial charge in [-0.1, -0.05) is 0 Å². The standard InChI is InChI=1S/C23H27N9O/c1-14-8-20(31-27-11-14)16(3)33-21-9-17(13-32-23(21)18(10-24)12-28-32)22(30-25)15(2)29-19-4-6-26-7-5-19/h8-9,11-13,16,19,26H,4-7,25H2,1-3H3/b29-15?,30-22+. The Morgan fingerprint density at radius 1 is 1.33 bits per heavy atom. The van der Waals surface area contributed by atoms with Gasteiger partial charge < -0.3 is 15.9 Å². The Kier molecular flexibility index (Phi) is 6.60. The van der Waals surface area contributed by atoms with Crippen LogP contribution < -0.4 is 15.9 Å². The number of fused-ring (bicyclic) bond motifs is 1. The molecule has 0 aromatic carbocycles. The Bertz CT molecular complexity index is 1250. The monoisotopic (exact) mass is 445 g/mol. The average molecular weight is 446 g/mol. The smallest absolute Gasteiger partial charge is 0.148 e. The fourth-order valence-corrected chi connectivity index (χ4v) is 3.97. The van der Waals surface area contributed by atoms with E-state index < -0.39 is 6.10 Å². The number of aromatic nitrogens is 4. The molecule has 0 spiro atoms. The van der Waals surface area contributed by atoms with Crippen LogP contribution in [-0.4, -0.2) is 50.4 Å². The molecule has 1 aliphatic heterocycles. The molecule has 4 rings (SSSR count). The molecule has 3 N–H and O–H groups in total. The fourth-order valence-electron chi connectivity index (χ4n) is 3.97. The lowest BCUT2D eigenvalue weighted by Crippen LogP contribution is -2.31. The van der Waals surface area contributed by atoms with Crippen molar-refractivity contribution in [3.05, 3.63) is 53.1 Å². The third-order valence-electron chi connectivity index (χ3n) is 5.66. The third-order valence-corrected chi connectivity index (χ3v) is 5.66. The molecular weight excluding hydrogens is 418 g/mol. The summed E-state index contributed by atoms with van der Waals surface area (Å²) in [6.07, 6.45) is 6.53. The molecule has 1 saturated heterocycles. The highest BCUT2D eigenvalue weighted by Crippen LogP contribution is 2.29. The van der Waals surface area contributed by atoms with E-state index in [0.29, 0.717) is 33.8 Å². The van der Waals surface area contributed by atoms with Gasteiger partial charge in [0.1, 0.15) is 40.4 Å². The second-order valence-corrected chi connectivity index (χ2v) is 8.15. The van der Waals surface area contributed by atoms with Crippen molar-refractivity contribution in [2.24, 2.45) is 15.9 Å². The number of aryl methyl sites for hydroxylation is 1. The minimum Gasteiger partial charge on any atom is -0.482 e. The summed E-state index contributed by atoms with van der Waals surface area (Å²) in [6, 6.07) is 6.15. The number of hydrogen-bond acceptors (Lipinski definition) is 9. The summed E-state index contributed by atoms with van der Waals surface area (Å²) in [7, 11) is 0. The number of nitrogens with one attached hydrogen (secondary N) is 1. The molecule has 33 heavy (non-hydrogen) atoms. The van der Waals surface area contributed by atoms with Crippen LogP contribution in [0.5, 0.6) is 5.75 Å². The van der Waals surface area contributed by atoms with E-state index in [4.69, 9.17) is 15.6 Å². The second kappa shape index (κ2) is 9.75. The highest BCUT2D eigenvalue weighted by molar-refractivity contribution is 6.47. The lowest BCUT2D eigenvalue weighted by Gasteiger charge is -2.20. The molecular formula is C23H27N9O. The molecule has 10 nitrogen and oxygen atoms in total. The first-order valence-corrected chi connectivity index (χ1v) is 10.9. The SMILES string of the molecule is CC(=NC1CCNCC1)/C(=N\N)c1cc(OC(C)c2cc(C)cnn2)c2c(C#N)cnn2c1. The molecule has 0 aliphatic carbocycles. The van der Waals surface area contributed by atoms with Crippen LogP contribution in [0.15, 0.2) is 40.8 Å². The van der Waals surface area contributed by atoms with E-state index in [1.807, 2.05) is 32.9 Å². The van der Waals surface area contributed by atoms with Crippen molar-refractivity contribution in [2.45, 2.75) is 45.8 Å². The molecule has 0 saturated carbocycles. The van der Waals surface area contributed by atoms with Crippen LogP contribution in [0.2, 0.25) is 0 Å². The molecule has 170 valence electrons. The Hall–Kier alpha value is -3.84. The Balaban J connectivity index is 1.74. The summed E-state index contributed by atoms with van der Waals surface area (Å²) < 4.78 is 7.89. The van der Waals surface area contributed by atoms with Crippen LogP contribution in [0.25, 0.3) is 5.52 Å². The van der Waals surface area contributed by atoms with Gasteiger partial charge in [0.2, 0.25) is 0 Å². The summed E-state index contributed by atoms with van der Waals surface area (Å²) in [5, 5.41) is 29.5. The number of nitrogens with two attached hydrogens (primary N) is 1. The van der Waals surface area contributed by atoms with Crippen LogP contribution in [0, 0.1) is 18.3 Å². The first kappa shape index (κ1) is 22.4. The summed E-state index contributed by atoms with van der Waals surface area (Å²) in [5.41, 5.74) is 4.65. The van der Waals surface area contributed by atoms with Gasteiger partial charge in [-0.15, -0.1) is 0 Å². The normalized spacial score (nSPS) is 16.5. The van der Waals surface area contributed by atoms with E-state index in [2.05, 4.69) is 31.8 Å². The zero-order chi connectivity index (χ0) is 23.4. The van der Waals surface area contributed by atoms with E-state index in [-0.39, 0.29) is 6.04 Å². The maximum absolute atomic E-state index is 9.58. The average Bonchev–Trinajstić information content (AvgIpc) is 3.24. The molecule has 0 radical (unpaired) electrons. The van der Waals surface area contributed by atoms with E-state index in [1.165, 1.54) is 6.20 Å². The molecule has 4 heterocycles. The maximum Gasteiger partial charge on any atom is 0.148 e. The Morgan fingerprint density at radius 3 is 2.82 bits per heavy atom. The molecule has 0 bridgehead atoms. The first-order valence-electron chi connectivity index (χ1n) is 10.9. The highest BCUT2D eigenvalue weighted by Gasteiger charge is 2.20. The van der Waals surface area contributed by atoms with Crippen molar-refractivity contribution in [3.63, 3.8) is 0 Å². The molecule has 1 unspecified atom stereocenters. The number of nitrogens with zero attached hydrogens (tertiary/aromatic N) is 7. The summed E-state index contributed by atoms with van der Waals surface area (Å²) >= 11 is 0. The van der Waals surface area contributed by atoms with Gasteiger partial charge in [0.25, 0.3) is 0 Å². The number of hydrogen-bond donors (Lipinski definition) is 2. The third kappa shape index (κ3) is 4.83. The fraction of sp³-hybridized carbons (Fsp3) is 0.391. The second-order valence-electron chi connectivity index (χ2n) is 8.15. The number of hydrazone groups is 1. The van der Waals surface area contributed by atoms with Gasteiger partial charge in [-0.3, -0.25) is 4.99 Å². The van der Waals surface area contributed by atoms with Gasteiger partial charge in [-0.2, -0.15) is 25.7 Å². The number of ether oxygens (including phenoxy) is 1. The van der Waals surface area contributed by atoms with Crippen molar-refractivity contribution < 1.29 is 4.74 Å². The number of aliphatic imine (C=N–C) groups is 1. The van der Waals surface area contributed by atoms with E-state index in [9.17, 15) is 5.26 Å². The summed E-state index contributed by atoms with van der Waals surface area (Å²) in [6.45, 7) is 7.64. The van der Waals surface area contributed by atoms with Crippen LogP contribution in [0.3, 0.4) is 0 Å². The van der Waals surface area contributed by atoms with Crippen LogP contribution >= 0.6 is 0 Å². The molecule has 1 fully saturated rings. The summed E-state index contributed by atoms with van der Waals surface area (Å²) in [4.78, 5) is 4.86. The number of piperidine rings is 1. The number of rotatable bonds is 6. The van der Waals surface area contributed by atoms with Crippen molar-refractivity contribution >= 4 is 16.9 Å². The highest BCUT2D eigenvalue weighted by atomic mass is 16.5. The van der Waals surface area contributed by atoms with Crippen LogP contribution in [-0.2, 0) is 0 Å². The lowest BCUT2D eigenvalue weighted by molar-refractivity contribution is 0.222. The minimum atomic E-state index is -0.402. The van der Waals surface area contributed by atoms with E-state index >= 15 is 0 Å². The first-order chi connectivity index (χ1) is 16.0. The van der Waals surface area contributed by atoms with E-state index in [1.54, 1.807) is 16.9 Å². The van der Waals surface area contributed by atoms with Gasteiger partial charge >= 0.3 is 0 Å². The van der Waals surface area contributed by atoms with Gasteiger partial charge in [0, 0.05) is 11.8 Å². The van der Waals surface area contributed by atoms with Gasteiger partial charge in [0.15, 0.2) is 0 Å². The number of pyridine rings is 1. The van der Waals surface area contributed by atoms with E-state index in [0.717, 1.165) is 37.2 Å². The summed E-state index contributed by atoms with van der Waals surface area (Å²) in [5.74, 6) is 6.28. The predicted molar refractivity (Wildman–Crippen MR) is 125 cm³/mol. The largest absolute Gasteiger partial charge is 0.482 e. The van der Waals surface area contributed by atoms with Crippen molar-refractivity contribution in [1.29, 1.82) is 5.26 Å². The molecule has 3 aromatic heterocycles. The lowest BCUT2D eigenvalue weighted by atomic mass is 10.0. The molecule has 10 heteroatoms. The quantitative estimate of drug-likeness (QED) is 0.337. The zero-order valence-corrected chi connectivity index (χ0v) is 19.0. The minimum absolute atomic E-state index is 0.234. The molecule has 3 aromatic rings. The predicted octanol–water partition coefficient (Wildman–Crippen LogP) is 2.32. The van der Waals surface area contributed by atoms with Gasteiger partial charge in [-0.05, 0) is 64.4 Å². The number of nitriles is 1.